The Morgan fingerprint density at radius 2 is 1.86 bits per heavy atom. The molecule has 2 rings (SSSR count). The van der Waals surface area contributed by atoms with Crippen molar-refractivity contribution in [3.05, 3.63) is 23.8 Å². The zero-order chi connectivity index (χ0) is 15.4. The summed E-state index contributed by atoms with van der Waals surface area (Å²) in [7, 11) is 3.25. The molecule has 21 heavy (non-hydrogen) atoms. The summed E-state index contributed by atoms with van der Waals surface area (Å²) in [5.74, 6) is 1.65. The number of benzene rings is 1. The van der Waals surface area contributed by atoms with E-state index >= 15 is 0 Å². The SMILES string of the molecule is COc1ccc(OC)c(CC(=O)N2C(C)CCCC2C)c1. The fraction of sp³-hybridized carbons (Fsp3) is 0.588. The molecule has 0 saturated carbocycles. The van der Waals surface area contributed by atoms with E-state index in [0.717, 1.165) is 29.9 Å². The molecule has 0 radical (unpaired) electrons. The minimum Gasteiger partial charge on any atom is -0.497 e. The monoisotopic (exact) mass is 291 g/mol. The average molecular weight is 291 g/mol. The van der Waals surface area contributed by atoms with E-state index in [-0.39, 0.29) is 5.91 Å². The molecule has 0 bridgehead atoms. The largest absolute Gasteiger partial charge is 0.497 e. The Hall–Kier alpha value is -1.71. The maximum absolute atomic E-state index is 12.7. The number of piperidine rings is 1. The molecule has 2 unspecified atom stereocenters. The summed E-state index contributed by atoms with van der Waals surface area (Å²) < 4.78 is 10.6. The Kier molecular flexibility index (Phi) is 5.10. The molecule has 1 aliphatic heterocycles. The van der Waals surface area contributed by atoms with E-state index in [1.807, 2.05) is 23.1 Å². The highest BCUT2D eigenvalue weighted by Crippen LogP contribution is 2.27. The van der Waals surface area contributed by atoms with Crippen molar-refractivity contribution in [1.82, 2.24) is 4.90 Å². The average Bonchev–Trinajstić information content (AvgIpc) is 2.47. The van der Waals surface area contributed by atoms with Crippen LogP contribution in [-0.2, 0) is 11.2 Å². The van der Waals surface area contributed by atoms with Crippen LogP contribution in [0.15, 0.2) is 18.2 Å². The fourth-order valence-electron chi connectivity index (χ4n) is 3.19. The van der Waals surface area contributed by atoms with E-state index in [4.69, 9.17) is 9.47 Å². The number of rotatable bonds is 4. The van der Waals surface area contributed by atoms with Gasteiger partial charge in [0.2, 0.25) is 5.91 Å². The van der Waals surface area contributed by atoms with Gasteiger partial charge in [0.15, 0.2) is 0 Å². The molecule has 0 aromatic heterocycles. The van der Waals surface area contributed by atoms with Crippen molar-refractivity contribution in [2.45, 2.75) is 51.6 Å². The second-order valence-corrected chi connectivity index (χ2v) is 5.78. The Morgan fingerprint density at radius 1 is 1.19 bits per heavy atom. The molecular formula is C17H25NO3. The predicted molar refractivity (Wildman–Crippen MR) is 82.9 cm³/mol. The first-order valence-corrected chi connectivity index (χ1v) is 7.59. The standard InChI is InChI=1S/C17H25NO3/c1-12-6-5-7-13(2)18(12)17(19)11-14-10-15(20-3)8-9-16(14)21-4/h8-10,12-13H,5-7,11H2,1-4H3. The van der Waals surface area contributed by atoms with Gasteiger partial charge in [-0.15, -0.1) is 0 Å². The lowest BCUT2D eigenvalue weighted by atomic mass is 9.96. The van der Waals surface area contributed by atoms with Gasteiger partial charge in [-0.1, -0.05) is 0 Å². The third-order valence-electron chi connectivity index (χ3n) is 4.31. The van der Waals surface area contributed by atoms with Gasteiger partial charge in [-0.25, -0.2) is 0 Å². The van der Waals surface area contributed by atoms with Gasteiger partial charge in [-0.05, 0) is 51.3 Å². The summed E-state index contributed by atoms with van der Waals surface area (Å²) in [6, 6.07) is 6.22. The van der Waals surface area contributed by atoms with E-state index < -0.39 is 0 Å². The lowest BCUT2D eigenvalue weighted by Crippen LogP contribution is -2.48. The maximum Gasteiger partial charge on any atom is 0.227 e. The van der Waals surface area contributed by atoms with E-state index in [9.17, 15) is 4.79 Å². The molecule has 1 amide bonds. The second kappa shape index (κ2) is 6.83. The molecule has 116 valence electrons. The smallest absolute Gasteiger partial charge is 0.227 e. The minimum atomic E-state index is 0.168. The van der Waals surface area contributed by atoms with Crippen molar-refractivity contribution in [3.8, 4) is 11.5 Å². The lowest BCUT2D eigenvalue weighted by molar-refractivity contribution is -0.136. The molecule has 2 atom stereocenters. The van der Waals surface area contributed by atoms with Gasteiger partial charge < -0.3 is 14.4 Å². The normalized spacial score (nSPS) is 22.0. The Balaban J connectivity index is 2.18. The number of amides is 1. The Bertz CT molecular complexity index is 491. The number of nitrogens with zero attached hydrogens (tertiary/aromatic N) is 1. The zero-order valence-corrected chi connectivity index (χ0v) is 13.4. The van der Waals surface area contributed by atoms with Crippen LogP contribution in [0.4, 0.5) is 0 Å². The quantitative estimate of drug-likeness (QED) is 0.856. The van der Waals surface area contributed by atoms with Crippen molar-refractivity contribution in [2.75, 3.05) is 14.2 Å². The molecule has 1 fully saturated rings. The first-order chi connectivity index (χ1) is 10.1. The molecule has 1 saturated heterocycles. The molecular weight excluding hydrogens is 266 g/mol. The third-order valence-corrected chi connectivity index (χ3v) is 4.31. The predicted octanol–water partition coefficient (Wildman–Crippen LogP) is 3.04. The summed E-state index contributed by atoms with van der Waals surface area (Å²) in [5, 5.41) is 0. The van der Waals surface area contributed by atoms with E-state index in [0.29, 0.717) is 18.5 Å². The van der Waals surface area contributed by atoms with Crippen LogP contribution in [0.25, 0.3) is 0 Å². The van der Waals surface area contributed by atoms with Crippen molar-refractivity contribution < 1.29 is 14.3 Å². The van der Waals surface area contributed by atoms with Crippen molar-refractivity contribution >= 4 is 5.91 Å². The fourth-order valence-corrected chi connectivity index (χ4v) is 3.19. The number of hydrogen-bond acceptors (Lipinski definition) is 3. The van der Waals surface area contributed by atoms with Crippen LogP contribution in [0, 0.1) is 0 Å². The second-order valence-electron chi connectivity index (χ2n) is 5.78. The minimum absolute atomic E-state index is 0.168. The summed E-state index contributed by atoms with van der Waals surface area (Å²) in [5.41, 5.74) is 0.881. The van der Waals surface area contributed by atoms with Gasteiger partial charge in [0, 0.05) is 17.6 Å². The van der Waals surface area contributed by atoms with E-state index in [1.165, 1.54) is 6.42 Å². The first kappa shape index (κ1) is 15.7. The zero-order valence-electron chi connectivity index (χ0n) is 13.4. The highest BCUT2D eigenvalue weighted by Gasteiger charge is 2.29. The van der Waals surface area contributed by atoms with Crippen LogP contribution in [0.3, 0.4) is 0 Å². The van der Waals surface area contributed by atoms with Crippen molar-refractivity contribution in [2.24, 2.45) is 0 Å². The highest BCUT2D eigenvalue weighted by atomic mass is 16.5. The number of carbonyl (C=O) groups is 1. The summed E-state index contributed by atoms with van der Waals surface area (Å²) in [6.45, 7) is 4.27. The molecule has 1 aromatic rings. The summed E-state index contributed by atoms with van der Waals surface area (Å²) >= 11 is 0. The molecule has 1 heterocycles. The van der Waals surface area contributed by atoms with Crippen LogP contribution in [-0.4, -0.2) is 37.1 Å². The van der Waals surface area contributed by atoms with Crippen LogP contribution in [0.5, 0.6) is 11.5 Å². The van der Waals surface area contributed by atoms with Gasteiger partial charge in [0.05, 0.1) is 20.6 Å². The molecule has 0 spiro atoms. The van der Waals surface area contributed by atoms with Crippen molar-refractivity contribution in [1.29, 1.82) is 0 Å². The molecule has 4 heteroatoms. The van der Waals surface area contributed by atoms with Crippen molar-refractivity contribution in [3.63, 3.8) is 0 Å². The molecule has 1 aliphatic rings. The Labute approximate surface area is 127 Å². The van der Waals surface area contributed by atoms with E-state index in [1.54, 1.807) is 14.2 Å². The van der Waals surface area contributed by atoms with Crippen LogP contribution in [0.1, 0.15) is 38.7 Å². The molecule has 0 aliphatic carbocycles. The maximum atomic E-state index is 12.7. The third kappa shape index (κ3) is 3.49. The van der Waals surface area contributed by atoms with Gasteiger partial charge >= 0.3 is 0 Å². The molecule has 4 nitrogen and oxygen atoms in total. The van der Waals surface area contributed by atoms with Crippen LogP contribution < -0.4 is 9.47 Å². The number of ether oxygens (including phenoxy) is 2. The molecule has 0 N–H and O–H groups in total. The van der Waals surface area contributed by atoms with Crippen LogP contribution >= 0.6 is 0 Å². The number of carbonyl (C=O) groups excluding carboxylic acids is 1. The first-order valence-electron chi connectivity index (χ1n) is 7.59. The number of hydrogen-bond donors (Lipinski definition) is 0. The van der Waals surface area contributed by atoms with Gasteiger partial charge in [0.25, 0.3) is 0 Å². The summed E-state index contributed by atoms with van der Waals surface area (Å²) in [4.78, 5) is 14.7. The topological polar surface area (TPSA) is 38.8 Å². The highest BCUT2D eigenvalue weighted by molar-refractivity contribution is 5.80. The number of methoxy groups -OCH3 is 2. The van der Waals surface area contributed by atoms with Gasteiger partial charge in [-0.2, -0.15) is 0 Å². The van der Waals surface area contributed by atoms with Gasteiger partial charge in [-0.3, -0.25) is 4.79 Å². The van der Waals surface area contributed by atoms with E-state index in [2.05, 4.69) is 13.8 Å². The summed E-state index contributed by atoms with van der Waals surface area (Å²) in [6.07, 6.45) is 3.74. The lowest BCUT2D eigenvalue weighted by Gasteiger charge is -2.39. The molecule has 1 aromatic carbocycles. The van der Waals surface area contributed by atoms with Gasteiger partial charge in [0.1, 0.15) is 11.5 Å². The number of likely N-dealkylation sites (tertiary alicyclic amines) is 1. The Morgan fingerprint density at radius 3 is 2.43 bits per heavy atom. The van der Waals surface area contributed by atoms with Crippen LogP contribution in [0.2, 0.25) is 0 Å².